The minimum Gasteiger partial charge on any atom is -0.508 e. The molecule has 0 aliphatic rings. The highest BCUT2D eigenvalue weighted by Crippen LogP contribution is 2.28. The van der Waals surface area contributed by atoms with Gasteiger partial charge in [-0.1, -0.05) is 0 Å². The van der Waals surface area contributed by atoms with Gasteiger partial charge in [0.05, 0.1) is 7.11 Å². The average Bonchev–Trinajstić information content (AvgIpc) is 1.99. The molecule has 0 aromatic heterocycles. The lowest BCUT2D eigenvalue weighted by Crippen LogP contribution is -1.91. The first-order valence-corrected chi connectivity index (χ1v) is 3.19. The molecule has 11 heavy (non-hydrogen) atoms. The molecule has 0 radical (unpaired) electrons. The first kappa shape index (κ1) is 7.85. The van der Waals surface area contributed by atoms with Crippen molar-refractivity contribution < 1.29 is 14.2 Å². The van der Waals surface area contributed by atoms with Crippen LogP contribution in [0, 0.1) is 12.7 Å². The zero-order valence-electron chi connectivity index (χ0n) is 6.39. The number of ether oxygens (including phenoxy) is 1. The third-order valence-electron chi connectivity index (χ3n) is 1.53. The number of phenols is 1. The molecule has 0 aliphatic heterocycles. The van der Waals surface area contributed by atoms with Crippen LogP contribution in [0.3, 0.4) is 0 Å². The molecule has 0 saturated heterocycles. The van der Waals surface area contributed by atoms with Gasteiger partial charge in [0.1, 0.15) is 5.75 Å². The maximum Gasteiger partial charge on any atom is 0.165 e. The first-order chi connectivity index (χ1) is 5.16. The van der Waals surface area contributed by atoms with E-state index in [9.17, 15) is 4.39 Å². The third-order valence-corrected chi connectivity index (χ3v) is 1.53. The van der Waals surface area contributed by atoms with E-state index in [-0.39, 0.29) is 11.5 Å². The Morgan fingerprint density at radius 1 is 1.45 bits per heavy atom. The highest BCUT2D eigenvalue weighted by Gasteiger charge is 2.08. The highest BCUT2D eigenvalue weighted by atomic mass is 19.1. The molecule has 60 valence electrons. The lowest BCUT2D eigenvalue weighted by molar-refractivity contribution is 0.376. The molecule has 0 aliphatic carbocycles. The monoisotopic (exact) mass is 156 g/mol. The molecule has 1 aromatic carbocycles. The molecule has 0 bridgehead atoms. The van der Waals surface area contributed by atoms with Gasteiger partial charge < -0.3 is 9.84 Å². The number of benzene rings is 1. The average molecular weight is 156 g/mol. The summed E-state index contributed by atoms with van der Waals surface area (Å²) < 4.78 is 17.5. The maximum atomic E-state index is 12.8. The van der Waals surface area contributed by atoms with E-state index in [4.69, 9.17) is 9.84 Å². The molecule has 1 aromatic rings. The summed E-state index contributed by atoms with van der Waals surface area (Å²) >= 11 is 0. The van der Waals surface area contributed by atoms with E-state index in [0.717, 1.165) is 0 Å². The summed E-state index contributed by atoms with van der Waals surface area (Å²) in [5.41, 5.74) is 0.424. The van der Waals surface area contributed by atoms with Crippen molar-refractivity contribution in [1.29, 1.82) is 0 Å². The zero-order valence-corrected chi connectivity index (χ0v) is 6.39. The summed E-state index contributed by atoms with van der Waals surface area (Å²) in [5.74, 6) is -0.309. The number of rotatable bonds is 1. The Bertz CT molecular complexity index is 271. The van der Waals surface area contributed by atoms with Crippen LogP contribution in [0.25, 0.3) is 0 Å². The molecule has 0 amide bonds. The number of hydrogen-bond acceptors (Lipinski definition) is 2. The Morgan fingerprint density at radius 3 is 2.55 bits per heavy atom. The quantitative estimate of drug-likeness (QED) is 0.672. The molecule has 3 heteroatoms. The van der Waals surface area contributed by atoms with Crippen LogP contribution in [-0.2, 0) is 0 Å². The summed E-state index contributed by atoms with van der Waals surface area (Å²) in [6.45, 7) is 1.59. The van der Waals surface area contributed by atoms with Crippen LogP contribution in [0.1, 0.15) is 5.56 Å². The van der Waals surface area contributed by atoms with Crippen LogP contribution in [0.4, 0.5) is 4.39 Å². The van der Waals surface area contributed by atoms with Crippen LogP contribution in [0.15, 0.2) is 12.1 Å². The molecular formula is C8H9FO2. The van der Waals surface area contributed by atoms with Crippen molar-refractivity contribution >= 4 is 0 Å². The number of aromatic hydroxyl groups is 1. The molecule has 0 fully saturated rings. The standard InChI is InChI=1S/C8H9FO2/c1-5-7(10)4-3-6(9)8(5)11-2/h3-4,10H,1-2H3. The van der Waals surface area contributed by atoms with Gasteiger partial charge >= 0.3 is 0 Å². The Kier molecular flexibility index (Phi) is 1.98. The van der Waals surface area contributed by atoms with Gasteiger partial charge in [-0.05, 0) is 19.1 Å². The van der Waals surface area contributed by atoms with Gasteiger partial charge in [0.25, 0.3) is 0 Å². The van der Waals surface area contributed by atoms with Gasteiger partial charge in [-0.25, -0.2) is 4.39 Å². The van der Waals surface area contributed by atoms with E-state index >= 15 is 0 Å². The summed E-state index contributed by atoms with van der Waals surface area (Å²) in [5, 5.41) is 9.11. The Labute approximate surface area is 64.2 Å². The van der Waals surface area contributed by atoms with E-state index < -0.39 is 5.82 Å². The van der Waals surface area contributed by atoms with Crippen molar-refractivity contribution in [2.24, 2.45) is 0 Å². The van der Waals surface area contributed by atoms with Gasteiger partial charge in [-0.15, -0.1) is 0 Å². The second kappa shape index (κ2) is 2.78. The van der Waals surface area contributed by atoms with Crippen LogP contribution < -0.4 is 4.74 Å². The van der Waals surface area contributed by atoms with E-state index in [1.165, 1.54) is 19.2 Å². The predicted molar refractivity (Wildman–Crippen MR) is 39.4 cm³/mol. The second-order valence-electron chi connectivity index (χ2n) is 2.22. The Hall–Kier alpha value is -1.25. The topological polar surface area (TPSA) is 29.5 Å². The fourth-order valence-corrected chi connectivity index (χ4v) is 0.899. The third kappa shape index (κ3) is 1.27. The van der Waals surface area contributed by atoms with Crippen LogP contribution in [0.5, 0.6) is 11.5 Å². The Balaban J connectivity index is 3.29. The van der Waals surface area contributed by atoms with E-state index in [1.54, 1.807) is 6.92 Å². The Morgan fingerprint density at radius 2 is 2.09 bits per heavy atom. The first-order valence-electron chi connectivity index (χ1n) is 3.19. The van der Waals surface area contributed by atoms with Gasteiger partial charge in [0.2, 0.25) is 0 Å². The molecule has 2 nitrogen and oxygen atoms in total. The zero-order chi connectivity index (χ0) is 8.43. The second-order valence-corrected chi connectivity index (χ2v) is 2.22. The van der Waals surface area contributed by atoms with Crippen molar-refractivity contribution in [3.8, 4) is 11.5 Å². The summed E-state index contributed by atoms with van der Waals surface area (Å²) in [6.07, 6.45) is 0. The molecule has 0 heterocycles. The van der Waals surface area contributed by atoms with Crippen molar-refractivity contribution in [1.82, 2.24) is 0 Å². The molecule has 0 saturated carbocycles. The SMILES string of the molecule is COc1c(F)ccc(O)c1C. The number of hydrogen-bond donors (Lipinski definition) is 1. The van der Waals surface area contributed by atoms with Crippen LogP contribution in [-0.4, -0.2) is 12.2 Å². The minimum atomic E-state index is -0.456. The van der Waals surface area contributed by atoms with E-state index in [0.29, 0.717) is 5.56 Å². The lowest BCUT2D eigenvalue weighted by atomic mass is 10.2. The molecular weight excluding hydrogens is 147 g/mol. The van der Waals surface area contributed by atoms with Gasteiger partial charge in [0, 0.05) is 5.56 Å². The van der Waals surface area contributed by atoms with Crippen LogP contribution >= 0.6 is 0 Å². The van der Waals surface area contributed by atoms with Crippen LogP contribution in [0.2, 0.25) is 0 Å². The smallest absolute Gasteiger partial charge is 0.165 e. The number of methoxy groups -OCH3 is 1. The molecule has 0 atom stereocenters. The maximum absolute atomic E-state index is 12.8. The number of phenolic OH excluding ortho intramolecular Hbond substituents is 1. The van der Waals surface area contributed by atoms with Crippen molar-refractivity contribution in [2.45, 2.75) is 6.92 Å². The fourth-order valence-electron chi connectivity index (χ4n) is 0.899. The van der Waals surface area contributed by atoms with Crippen molar-refractivity contribution in [3.05, 3.63) is 23.5 Å². The summed E-state index contributed by atoms with van der Waals surface area (Å²) in [4.78, 5) is 0. The van der Waals surface area contributed by atoms with E-state index in [2.05, 4.69) is 0 Å². The van der Waals surface area contributed by atoms with Gasteiger partial charge in [-0.3, -0.25) is 0 Å². The molecule has 0 unspecified atom stereocenters. The lowest BCUT2D eigenvalue weighted by Gasteiger charge is -2.06. The minimum absolute atomic E-state index is 0.0447. The normalized spacial score (nSPS) is 9.73. The molecule has 1 N–H and O–H groups in total. The van der Waals surface area contributed by atoms with Gasteiger partial charge in [0.15, 0.2) is 11.6 Å². The van der Waals surface area contributed by atoms with Gasteiger partial charge in [-0.2, -0.15) is 0 Å². The number of halogens is 1. The highest BCUT2D eigenvalue weighted by molar-refractivity contribution is 5.43. The summed E-state index contributed by atoms with van der Waals surface area (Å²) in [6, 6.07) is 2.47. The predicted octanol–water partition coefficient (Wildman–Crippen LogP) is 1.85. The largest absolute Gasteiger partial charge is 0.508 e. The molecule has 0 spiro atoms. The fraction of sp³-hybridized carbons (Fsp3) is 0.250. The van der Waals surface area contributed by atoms with Crippen molar-refractivity contribution in [2.75, 3.05) is 7.11 Å². The molecule has 1 rings (SSSR count). The van der Waals surface area contributed by atoms with E-state index in [1.807, 2.05) is 0 Å². The van der Waals surface area contributed by atoms with Crippen molar-refractivity contribution in [3.63, 3.8) is 0 Å². The summed E-state index contributed by atoms with van der Waals surface area (Å²) in [7, 11) is 1.37.